The summed E-state index contributed by atoms with van der Waals surface area (Å²) in [5.74, 6) is -0.0529. The van der Waals surface area contributed by atoms with Crippen molar-refractivity contribution in [2.24, 2.45) is 5.73 Å². The lowest BCUT2D eigenvalue weighted by Gasteiger charge is -2.25. The third kappa shape index (κ3) is 3.34. The van der Waals surface area contributed by atoms with Crippen molar-refractivity contribution in [1.82, 2.24) is 5.32 Å². The maximum atomic E-state index is 12.3. The van der Waals surface area contributed by atoms with Gasteiger partial charge in [-0.1, -0.05) is 30.3 Å². The van der Waals surface area contributed by atoms with Gasteiger partial charge in [-0.05, 0) is 48.3 Å². The van der Waals surface area contributed by atoms with Crippen LogP contribution in [0, 0.1) is 0 Å². The number of carbonyl (C=O) groups excluding carboxylic acids is 1. The standard InChI is InChI=1S/C17H20N2OS/c18-14(11-12-5-2-1-3-6-12)17(20)19-15-7-4-8-16-13(15)9-10-21-16/h1-3,5-6,9-10,14-15H,4,7-8,11,18H2,(H,19,20)/t14-,15?/m1/s1. The zero-order valence-corrected chi connectivity index (χ0v) is 12.7. The van der Waals surface area contributed by atoms with Crippen molar-refractivity contribution >= 4 is 17.2 Å². The van der Waals surface area contributed by atoms with Crippen LogP contribution in [0.15, 0.2) is 41.8 Å². The second-order valence-electron chi connectivity index (χ2n) is 5.55. The van der Waals surface area contributed by atoms with Gasteiger partial charge in [-0.2, -0.15) is 0 Å². The fraction of sp³-hybridized carbons (Fsp3) is 0.353. The van der Waals surface area contributed by atoms with Gasteiger partial charge in [0, 0.05) is 4.88 Å². The number of benzene rings is 1. The van der Waals surface area contributed by atoms with Crippen molar-refractivity contribution in [3.63, 3.8) is 0 Å². The molecule has 1 aliphatic carbocycles. The summed E-state index contributed by atoms with van der Waals surface area (Å²) in [6.07, 6.45) is 3.85. The number of thiophene rings is 1. The maximum Gasteiger partial charge on any atom is 0.237 e. The van der Waals surface area contributed by atoms with E-state index in [1.54, 1.807) is 11.3 Å². The van der Waals surface area contributed by atoms with Crippen molar-refractivity contribution in [2.45, 2.75) is 37.8 Å². The first kappa shape index (κ1) is 14.3. The Kier molecular flexibility index (Phi) is 4.36. The van der Waals surface area contributed by atoms with Crippen molar-refractivity contribution in [3.8, 4) is 0 Å². The van der Waals surface area contributed by atoms with Gasteiger partial charge in [-0.15, -0.1) is 11.3 Å². The van der Waals surface area contributed by atoms with Crippen LogP contribution in [-0.4, -0.2) is 11.9 Å². The molecule has 1 aliphatic rings. The SMILES string of the molecule is N[C@H](Cc1ccccc1)C(=O)NC1CCCc2sccc21. The Hall–Kier alpha value is -1.65. The van der Waals surface area contributed by atoms with Crippen molar-refractivity contribution < 1.29 is 4.79 Å². The van der Waals surface area contributed by atoms with E-state index in [4.69, 9.17) is 5.73 Å². The van der Waals surface area contributed by atoms with Crippen LogP contribution >= 0.6 is 11.3 Å². The molecule has 0 saturated heterocycles. The Morgan fingerprint density at radius 2 is 2.14 bits per heavy atom. The Bertz CT molecular complexity index is 608. The number of amides is 1. The molecule has 2 atom stereocenters. The lowest BCUT2D eigenvalue weighted by molar-refractivity contribution is -0.123. The van der Waals surface area contributed by atoms with E-state index in [9.17, 15) is 4.79 Å². The molecule has 1 aromatic heterocycles. The van der Waals surface area contributed by atoms with Gasteiger partial charge in [0.1, 0.15) is 0 Å². The number of carbonyl (C=O) groups is 1. The zero-order valence-electron chi connectivity index (χ0n) is 11.9. The van der Waals surface area contributed by atoms with Gasteiger partial charge in [-0.25, -0.2) is 0 Å². The number of hydrogen-bond donors (Lipinski definition) is 2. The molecule has 1 aromatic carbocycles. The third-order valence-corrected chi connectivity index (χ3v) is 5.00. The molecular formula is C17H20N2OS. The molecule has 0 fully saturated rings. The van der Waals surface area contributed by atoms with Crippen LogP contribution in [0.1, 0.15) is 34.9 Å². The summed E-state index contributed by atoms with van der Waals surface area (Å²) < 4.78 is 0. The number of aryl methyl sites for hydroxylation is 1. The van der Waals surface area contributed by atoms with Crippen molar-refractivity contribution in [2.75, 3.05) is 0 Å². The Balaban J connectivity index is 1.62. The molecule has 110 valence electrons. The average Bonchev–Trinajstić information content (AvgIpc) is 2.98. The summed E-state index contributed by atoms with van der Waals surface area (Å²) in [6.45, 7) is 0. The average molecular weight is 300 g/mol. The topological polar surface area (TPSA) is 55.1 Å². The first-order valence-electron chi connectivity index (χ1n) is 7.40. The molecule has 0 saturated carbocycles. The highest BCUT2D eigenvalue weighted by atomic mass is 32.1. The van der Waals surface area contributed by atoms with Gasteiger partial charge in [0.05, 0.1) is 12.1 Å². The molecule has 3 nitrogen and oxygen atoms in total. The first-order chi connectivity index (χ1) is 10.2. The zero-order chi connectivity index (χ0) is 14.7. The van der Waals surface area contributed by atoms with E-state index < -0.39 is 6.04 Å². The van der Waals surface area contributed by atoms with Crippen LogP contribution in [0.3, 0.4) is 0 Å². The molecule has 3 rings (SSSR count). The van der Waals surface area contributed by atoms with Crippen molar-refractivity contribution in [1.29, 1.82) is 0 Å². The molecule has 0 spiro atoms. The fourth-order valence-corrected chi connectivity index (χ4v) is 3.86. The lowest BCUT2D eigenvalue weighted by atomic mass is 9.93. The van der Waals surface area contributed by atoms with Gasteiger partial charge in [0.25, 0.3) is 0 Å². The molecule has 21 heavy (non-hydrogen) atoms. The van der Waals surface area contributed by atoms with E-state index in [1.807, 2.05) is 30.3 Å². The second kappa shape index (κ2) is 6.41. The maximum absolute atomic E-state index is 12.3. The summed E-state index contributed by atoms with van der Waals surface area (Å²) >= 11 is 1.78. The predicted molar refractivity (Wildman–Crippen MR) is 86.3 cm³/mol. The number of nitrogens with one attached hydrogen (secondary N) is 1. The number of fused-ring (bicyclic) bond motifs is 1. The predicted octanol–water partition coefficient (Wildman–Crippen LogP) is 2.81. The van der Waals surface area contributed by atoms with Crippen LogP contribution in [0.5, 0.6) is 0 Å². The monoisotopic (exact) mass is 300 g/mol. The molecule has 1 unspecified atom stereocenters. The van der Waals surface area contributed by atoms with Crippen molar-refractivity contribution in [3.05, 3.63) is 57.8 Å². The molecule has 1 amide bonds. The van der Waals surface area contributed by atoms with E-state index in [0.717, 1.165) is 24.8 Å². The quantitative estimate of drug-likeness (QED) is 0.912. The van der Waals surface area contributed by atoms with E-state index in [2.05, 4.69) is 16.8 Å². The highest BCUT2D eigenvalue weighted by Crippen LogP contribution is 2.33. The highest BCUT2D eigenvalue weighted by Gasteiger charge is 2.24. The van der Waals surface area contributed by atoms with Gasteiger partial charge in [0.15, 0.2) is 0 Å². The normalized spacial score (nSPS) is 18.8. The number of nitrogens with two attached hydrogens (primary N) is 1. The lowest BCUT2D eigenvalue weighted by Crippen LogP contribution is -2.44. The smallest absolute Gasteiger partial charge is 0.237 e. The van der Waals surface area contributed by atoms with Gasteiger partial charge < -0.3 is 11.1 Å². The van der Waals surface area contributed by atoms with Crippen LogP contribution < -0.4 is 11.1 Å². The summed E-state index contributed by atoms with van der Waals surface area (Å²) in [6, 6.07) is 11.7. The third-order valence-electron chi connectivity index (χ3n) is 4.00. The Morgan fingerprint density at radius 1 is 1.33 bits per heavy atom. The summed E-state index contributed by atoms with van der Waals surface area (Å²) in [7, 11) is 0. The second-order valence-corrected chi connectivity index (χ2v) is 6.55. The van der Waals surface area contributed by atoms with Gasteiger partial charge in [-0.3, -0.25) is 4.79 Å². The molecule has 2 aromatic rings. The van der Waals surface area contributed by atoms with Gasteiger partial charge in [0.2, 0.25) is 5.91 Å². The van der Waals surface area contributed by atoms with E-state index in [1.165, 1.54) is 10.4 Å². The minimum Gasteiger partial charge on any atom is -0.348 e. The van der Waals surface area contributed by atoms with Crippen LogP contribution in [0.2, 0.25) is 0 Å². The van der Waals surface area contributed by atoms with Crippen LogP contribution in [0.25, 0.3) is 0 Å². The molecule has 0 radical (unpaired) electrons. The van der Waals surface area contributed by atoms with E-state index in [0.29, 0.717) is 6.42 Å². The highest BCUT2D eigenvalue weighted by molar-refractivity contribution is 7.10. The summed E-state index contributed by atoms with van der Waals surface area (Å²) in [4.78, 5) is 13.7. The van der Waals surface area contributed by atoms with E-state index in [-0.39, 0.29) is 11.9 Å². The molecular weight excluding hydrogens is 280 g/mol. The molecule has 0 bridgehead atoms. The molecule has 4 heteroatoms. The Morgan fingerprint density at radius 3 is 2.95 bits per heavy atom. The summed E-state index contributed by atoms with van der Waals surface area (Å²) in [5.41, 5.74) is 8.43. The van der Waals surface area contributed by atoms with Crippen LogP contribution in [-0.2, 0) is 17.6 Å². The largest absolute Gasteiger partial charge is 0.348 e. The van der Waals surface area contributed by atoms with Crippen LogP contribution in [0.4, 0.5) is 0 Å². The molecule has 0 aliphatic heterocycles. The number of hydrogen-bond acceptors (Lipinski definition) is 3. The fourth-order valence-electron chi connectivity index (χ4n) is 2.88. The Labute approximate surface area is 129 Å². The summed E-state index contributed by atoms with van der Waals surface area (Å²) in [5, 5.41) is 5.23. The minimum atomic E-state index is -0.489. The minimum absolute atomic E-state index is 0.0529. The molecule has 3 N–H and O–H groups in total. The first-order valence-corrected chi connectivity index (χ1v) is 8.28. The van der Waals surface area contributed by atoms with Gasteiger partial charge >= 0.3 is 0 Å². The number of rotatable bonds is 4. The van der Waals surface area contributed by atoms with E-state index >= 15 is 0 Å². The molecule has 1 heterocycles.